The number of ether oxygens (including phenoxy) is 2. The summed E-state index contributed by atoms with van der Waals surface area (Å²) < 4.78 is 10.4. The van der Waals surface area contributed by atoms with Crippen molar-refractivity contribution in [2.24, 2.45) is 0 Å². The second-order valence-corrected chi connectivity index (χ2v) is 6.07. The van der Waals surface area contributed by atoms with Gasteiger partial charge in [0.05, 0.1) is 5.02 Å². The van der Waals surface area contributed by atoms with Gasteiger partial charge in [-0.25, -0.2) is 4.79 Å². The second kappa shape index (κ2) is 8.53. The summed E-state index contributed by atoms with van der Waals surface area (Å²) in [7, 11) is 3.19. The first-order valence-corrected chi connectivity index (χ1v) is 8.14. The van der Waals surface area contributed by atoms with E-state index >= 15 is 0 Å². The quantitative estimate of drug-likeness (QED) is 0.740. The molecule has 0 unspecified atom stereocenters. The molecule has 25 heavy (non-hydrogen) atoms. The Labute approximate surface area is 152 Å². The average molecular weight is 362 g/mol. The van der Waals surface area contributed by atoms with Crippen LogP contribution in [0.1, 0.15) is 6.92 Å². The van der Waals surface area contributed by atoms with Crippen LogP contribution in [-0.2, 0) is 14.3 Å². The molecule has 0 aliphatic rings. The van der Waals surface area contributed by atoms with Gasteiger partial charge in [0.1, 0.15) is 5.75 Å². The molecule has 0 N–H and O–H groups in total. The number of carbonyl (C=O) groups excluding carboxylic acids is 2. The van der Waals surface area contributed by atoms with Crippen LogP contribution in [0.15, 0.2) is 48.5 Å². The third-order valence-electron chi connectivity index (χ3n) is 3.48. The highest BCUT2D eigenvalue weighted by atomic mass is 35.5. The first-order chi connectivity index (χ1) is 11.9. The first kappa shape index (κ1) is 18.8. The summed E-state index contributed by atoms with van der Waals surface area (Å²) in [5.74, 6) is -0.547. The van der Waals surface area contributed by atoms with Crippen LogP contribution in [0.3, 0.4) is 0 Å². The van der Waals surface area contributed by atoms with E-state index in [-0.39, 0.29) is 12.5 Å². The van der Waals surface area contributed by atoms with Crippen LogP contribution in [0.4, 0.5) is 0 Å². The van der Waals surface area contributed by atoms with Gasteiger partial charge in [0.2, 0.25) is 0 Å². The van der Waals surface area contributed by atoms with Crippen molar-refractivity contribution < 1.29 is 19.1 Å². The van der Waals surface area contributed by atoms with Gasteiger partial charge >= 0.3 is 5.97 Å². The molecule has 1 atom stereocenters. The van der Waals surface area contributed by atoms with Gasteiger partial charge < -0.3 is 14.4 Å². The lowest BCUT2D eigenvalue weighted by Crippen LogP contribution is -2.35. The van der Waals surface area contributed by atoms with Crippen molar-refractivity contribution in [1.29, 1.82) is 0 Å². The van der Waals surface area contributed by atoms with Gasteiger partial charge in [-0.1, -0.05) is 48.0 Å². The Balaban J connectivity index is 1.95. The molecule has 2 rings (SSSR count). The molecule has 0 bridgehead atoms. The average Bonchev–Trinajstić information content (AvgIpc) is 2.60. The monoisotopic (exact) mass is 361 g/mol. The van der Waals surface area contributed by atoms with Gasteiger partial charge in [-0.05, 0) is 30.2 Å². The lowest BCUT2D eigenvalue weighted by Gasteiger charge is -2.17. The Morgan fingerprint density at radius 1 is 1.08 bits per heavy atom. The number of likely N-dealkylation sites (N-methyl/N-ethyl adjacent to an activating group) is 1. The highest BCUT2D eigenvalue weighted by molar-refractivity contribution is 6.32. The normalized spacial score (nSPS) is 11.5. The van der Waals surface area contributed by atoms with E-state index in [1.165, 1.54) is 11.8 Å². The molecule has 0 spiro atoms. The fraction of sp³-hybridized carbons (Fsp3) is 0.263. The zero-order chi connectivity index (χ0) is 18.4. The van der Waals surface area contributed by atoms with E-state index in [1.807, 2.05) is 36.4 Å². The van der Waals surface area contributed by atoms with E-state index < -0.39 is 12.1 Å². The molecule has 5 nitrogen and oxygen atoms in total. The van der Waals surface area contributed by atoms with Gasteiger partial charge in [-0.3, -0.25) is 4.79 Å². The second-order valence-electron chi connectivity index (χ2n) is 5.66. The molecule has 0 radical (unpaired) electrons. The molecule has 0 fully saturated rings. The third kappa shape index (κ3) is 5.22. The molecular weight excluding hydrogens is 342 g/mol. The summed E-state index contributed by atoms with van der Waals surface area (Å²) in [6.45, 7) is 1.19. The Hall–Kier alpha value is -2.53. The van der Waals surface area contributed by atoms with Crippen molar-refractivity contribution >= 4 is 23.5 Å². The summed E-state index contributed by atoms with van der Waals surface area (Å²) in [4.78, 5) is 24.8. The number of benzene rings is 2. The Kier molecular flexibility index (Phi) is 6.42. The van der Waals surface area contributed by atoms with Gasteiger partial charge in [-0.15, -0.1) is 0 Å². The minimum atomic E-state index is -0.859. The van der Waals surface area contributed by atoms with Crippen molar-refractivity contribution in [2.45, 2.75) is 13.0 Å². The maximum absolute atomic E-state index is 11.8. The molecule has 0 saturated heterocycles. The van der Waals surface area contributed by atoms with Crippen LogP contribution in [0.2, 0.25) is 5.02 Å². The SMILES string of the molecule is C[C@@H](OC(=O)COc1ccc(-c2ccccc2)cc1Cl)C(=O)N(C)C. The maximum Gasteiger partial charge on any atom is 0.344 e. The summed E-state index contributed by atoms with van der Waals surface area (Å²) in [6.07, 6.45) is -0.859. The van der Waals surface area contributed by atoms with Crippen LogP contribution in [0, 0.1) is 0 Å². The van der Waals surface area contributed by atoms with Crippen molar-refractivity contribution in [3.05, 3.63) is 53.6 Å². The minimum Gasteiger partial charge on any atom is -0.480 e. The van der Waals surface area contributed by atoms with Crippen molar-refractivity contribution in [3.63, 3.8) is 0 Å². The van der Waals surface area contributed by atoms with Crippen molar-refractivity contribution in [1.82, 2.24) is 4.90 Å². The van der Waals surface area contributed by atoms with Gasteiger partial charge in [-0.2, -0.15) is 0 Å². The zero-order valence-electron chi connectivity index (χ0n) is 14.4. The first-order valence-electron chi connectivity index (χ1n) is 7.77. The largest absolute Gasteiger partial charge is 0.480 e. The number of halogens is 1. The molecule has 2 aromatic carbocycles. The predicted molar refractivity (Wildman–Crippen MR) is 96.6 cm³/mol. The van der Waals surface area contributed by atoms with E-state index in [4.69, 9.17) is 21.1 Å². The van der Waals surface area contributed by atoms with E-state index in [0.29, 0.717) is 10.8 Å². The van der Waals surface area contributed by atoms with Crippen LogP contribution in [0.25, 0.3) is 11.1 Å². The van der Waals surface area contributed by atoms with E-state index in [0.717, 1.165) is 11.1 Å². The number of carbonyl (C=O) groups is 2. The maximum atomic E-state index is 11.8. The number of hydrogen-bond donors (Lipinski definition) is 0. The minimum absolute atomic E-state index is 0.293. The Morgan fingerprint density at radius 2 is 1.76 bits per heavy atom. The van der Waals surface area contributed by atoms with Crippen molar-refractivity contribution in [3.8, 4) is 16.9 Å². The molecule has 0 aromatic heterocycles. The fourth-order valence-electron chi connectivity index (χ4n) is 2.21. The van der Waals surface area contributed by atoms with Crippen LogP contribution in [-0.4, -0.2) is 43.6 Å². The van der Waals surface area contributed by atoms with Crippen LogP contribution in [0.5, 0.6) is 5.75 Å². The summed E-state index contributed by atoms with van der Waals surface area (Å²) in [5.41, 5.74) is 1.98. The highest BCUT2D eigenvalue weighted by Crippen LogP contribution is 2.30. The van der Waals surface area contributed by atoms with Gasteiger partial charge in [0.15, 0.2) is 12.7 Å². The molecule has 0 aliphatic carbocycles. The summed E-state index contributed by atoms with van der Waals surface area (Å²) in [5, 5.41) is 0.395. The number of hydrogen-bond acceptors (Lipinski definition) is 4. The van der Waals surface area contributed by atoms with E-state index in [2.05, 4.69) is 0 Å². The third-order valence-corrected chi connectivity index (χ3v) is 3.78. The molecule has 2 aromatic rings. The Bertz CT molecular complexity index is 746. The highest BCUT2D eigenvalue weighted by Gasteiger charge is 2.19. The van der Waals surface area contributed by atoms with Crippen LogP contribution < -0.4 is 4.74 Å². The molecule has 132 valence electrons. The predicted octanol–water partition coefficient (Wildman–Crippen LogP) is 3.41. The molecule has 0 saturated carbocycles. The number of nitrogens with zero attached hydrogens (tertiary/aromatic N) is 1. The molecule has 0 aliphatic heterocycles. The van der Waals surface area contributed by atoms with Gasteiger partial charge in [0.25, 0.3) is 5.91 Å². The zero-order valence-corrected chi connectivity index (χ0v) is 15.1. The lowest BCUT2D eigenvalue weighted by atomic mass is 10.1. The fourth-order valence-corrected chi connectivity index (χ4v) is 2.45. The summed E-state index contributed by atoms with van der Waals surface area (Å²) >= 11 is 6.22. The molecule has 6 heteroatoms. The molecule has 1 amide bonds. The van der Waals surface area contributed by atoms with Crippen LogP contribution >= 0.6 is 11.6 Å². The topological polar surface area (TPSA) is 55.8 Å². The van der Waals surface area contributed by atoms with E-state index in [1.54, 1.807) is 26.2 Å². The number of amides is 1. The molecular formula is C19H20ClNO4. The van der Waals surface area contributed by atoms with E-state index in [9.17, 15) is 9.59 Å². The Morgan fingerprint density at radius 3 is 2.36 bits per heavy atom. The summed E-state index contributed by atoms with van der Waals surface area (Å²) in [6, 6.07) is 15.1. The molecule has 0 heterocycles. The number of esters is 1. The lowest BCUT2D eigenvalue weighted by molar-refractivity contribution is -0.159. The standard InChI is InChI=1S/C19H20ClNO4/c1-13(19(23)21(2)3)25-18(22)12-24-17-10-9-15(11-16(17)20)14-7-5-4-6-8-14/h4-11,13H,12H2,1-3H3/t13-/m1/s1. The smallest absolute Gasteiger partial charge is 0.344 e. The van der Waals surface area contributed by atoms with Gasteiger partial charge in [0, 0.05) is 14.1 Å². The number of rotatable bonds is 6. The van der Waals surface area contributed by atoms with Crippen molar-refractivity contribution in [2.75, 3.05) is 20.7 Å².